The van der Waals surface area contributed by atoms with Crippen LogP contribution >= 0.6 is 11.6 Å². The van der Waals surface area contributed by atoms with Gasteiger partial charge in [-0.1, -0.05) is 54.9 Å². The molecule has 2 aromatic carbocycles. The molecule has 0 saturated carbocycles. The number of rotatable bonds is 4. The quantitative estimate of drug-likeness (QED) is 0.853. The van der Waals surface area contributed by atoms with E-state index in [-0.39, 0.29) is 12.1 Å². The van der Waals surface area contributed by atoms with Crippen molar-refractivity contribution in [3.63, 3.8) is 0 Å². The highest BCUT2D eigenvalue weighted by molar-refractivity contribution is 7.90. The van der Waals surface area contributed by atoms with Gasteiger partial charge in [-0.3, -0.25) is 5.32 Å². The van der Waals surface area contributed by atoms with Crippen LogP contribution in [-0.2, 0) is 16.6 Å². The van der Waals surface area contributed by atoms with E-state index in [1.807, 2.05) is 63.2 Å². The summed E-state index contributed by atoms with van der Waals surface area (Å²) in [5.41, 5.74) is 4.05. The van der Waals surface area contributed by atoms with E-state index in [1.54, 1.807) is 0 Å². The molecule has 4 nitrogen and oxygen atoms in total. The second-order valence-electron chi connectivity index (χ2n) is 6.74. The van der Waals surface area contributed by atoms with Crippen molar-refractivity contribution < 1.29 is 8.42 Å². The molecule has 0 aromatic heterocycles. The van der Waals surface area contributed by atoms with Gasteiger partial charge in [0.05, 0.1) is 6.17 Å². The van der Waals surface area contributed by atoms with Gasteiger partial charge in [0.1, 0.15) is 5.25 Å². The highest BCUT2D eigenvalue weighted by Crippen LogP contribution is 2.37. The number of aryl methyl sites for hydroxylation is 2. The SMILES string of the molecule is Cc1ccc(C2C(C)C(NCc3ccccc3Cl)NS2(=O)=O)cc1C. The maximum absolute atomic E-state index is 12.7. The largest absolute Gasteiger partial charge is 0.297 e. The predicted molar refractivity (Wildman–Crippen MR) is 102 cm³/mol. The topological polar surface area (TPSA) is 58.2 Å². The molecule has 0 amide bonds. The Kier molecular flexibility index (Phi) is 5.21. The Bertz CT molecular complexity index is 883. The Labute approximate surface area is 154 Å². The minimum atomic E-state index is -3.43. The molecule has 3 atom stereocenters. The fraction of sp³-hybridized carbons (Fsp3) is 0.368. The molecule has 3 rings (SSSR count). The molecule has 134 valence electrons. The molecule has 0 radical (unpaired) electrons. The van der Waals surface area contributed by atoms with Crippen LogP contribution in [0.2, 0.25) is 5.02 Å². The Morgan fingerprint density at radius 3 is 2.52 bits per heavy atom. The number of hydrogen-bond donors (Lipinski definition) is 2. The van der Waals surface area contributed by atoms with E-state index < -0.39 is 15.3 Å². The summed E-state index contributed by atoms with van der Waals surface area (Å²) in [6, 6.07) is 13.4. The van der Waals surface area contributed by atoms with E-state index in [2.05, 4.69) is 10.0 Å². The van der Waals surface area contributed by atoms with Gasteiger partial charge in [0.25, 0.3) is 0 Å². The molecule has 1 heterocycles. The lowest BCUT2D eigenvalue weighted by Crippen LogP contribution is -2.41. The molecular formula is C19H23ClN2O2S. The molecule has 1 saturated heterocycles. The van der Waals surface area contributed by atoms with Crippen molar-refractivity contribution in [2.24, 2.45) is 5.92 Å². The molecule has 0 spiro atoms. The summed E-state index contributed by atoms with van der Waals surface area (Å²) in [6.07, 6.45) is -0.326. The highest BCUT2D eigenvalue weighted by atomic mass is 35.5. The summed E-state index contributed by atoms with van der Waals surface area (Å²) in [7, 11) is -3.43. The van der Waals surface area contributed by atoms with E-state index in [9.17, 15) is 8.42 Å². The van der Waals surface area contributed by atoms with Crippen molar-refractivity contribution in [2.45, 2.75) is 38.7 Å². The van der Waals surface area contributed by atoms with Crippen LogP contribution in [-0.4, -0.2) is 14.6 Å². The zero-order valence-corrected chi connectivity index (χ0v) is 16.2. The van der Waals surface area contributed by atoms with E-state index in [1.165, 1.54) is 0 Å². The van der Waals surface area contributed by atoms with Crippen LogP contribution in [0.5, 0.6) is 0 Å². The number of hydrogen-bond acceptors (Lipinski definition) is 3. The second kappa shape index (κ2) is 7.08. The van der Waals surface area contributed by atoms with Gasteiger partial charge >= 0.3 is 0 Å². The molecule has 2 N–H and O–H groups in total. The van der Waals surface area contributed by atoms with Crippen LogP contribution < -0.4 is 10.0 Å². The third-order valence-corrected chi connectivity index (χ3v) is 7.28. The molecule has 1 fully saturated rings. The van der Waals surface area contributed by atoms with Crippen molar-refractivity contribution in [3.05, 3.63) is 69.7 Å². The van der Waals surface area contributed by atoms with E-state index in [0.29, 0.717) is 11.6 Å². The second-order valence-corrected chi connectivity index (χ2v) is 8.98. The van der Waals surface area contributed by atoms with Crippen LogP contribution in [0.1, 0.15) is 34.4 Å². The maximum Gasteiger partial charge on any atom is 0.220 e. The van der Waals surface area contributed by atoms with Gasteiger partial charge in [-0.2, -0.15) is 4.72 Å². The van der Waals surface area contributed by atoms with Crippen molar-refractivity contribution in [1.29, 1.82) is 0 Å². The minimum absolute atomic E-state index is 0.102. The van der Waals surface area contributed by atoms with Crippen LogP contribution in [0, 0.1) is 19.8 Å². The summed E-state index contributed by atoms with van der Waals surface area (Å²) in [5, 5.41) is 3.41. The molecule has 2 aromatic rings. The van der Waals surface area contributed by atoms with Gasteiger partial charge in [0, 0.05) is 17.5 Å². The van der Waals surface area contributed by atoms with Crippen LogP contribution in [0.15, 0.2) is 42.5 Å². The van der Waals surface area contributed by atoms with Gasteiger partial charge in [0.2, 0.25) is 10.0 Å². The monoisotopic (exact) mass is 378 g/mol. The van der Waals surface area contributed by atoms with Crippen molar-refractivity contribution in [3.8, 4) is 0 Å². The molecule has 3 unspecified atom stereocenters. The van der Waals surface area contributed by atoms with E-state index in [0.717, 1.165) is 22.3 Å². The summed E-state index contributed by atoms with van der Waals surface area (Å²) < 4.78 is 28.1. The van der Waals surface area contributed by atoms with Gasteiger partial charge in [-0.05, 0) is 42.2 Å². The molecule has 0 aliphatic carbocycles. The first-order valence-electron chi connectivity index (χ1n) is 8.34. The van der Waals surface area contributed by atoms with Crippen LogP contribution in [0.4, 0.5) is 0 Å². The average Bonchev–Trinajstić information content (AvgIpc) is 2.78. The Morgan fingerprint density at radius 2 is 1.84 bits per heavy atom. The lowest BCUT2D eigenvalue weighted by molar-refractivity contribution is 0.382. The summed E-state index contributed by atoms with van der Waals surface area (Å²) in [5.74, 6) is -0.102. The number of halogens is 1. The lowest BCUT2D eigenvalue weighted by Gasteiger charge is -2.20. The van der Waals surface area contributed by atoms with Crippen LogP contribution in [0.3, 0.4) is 0 Å². The first kappa shape index (κ1) is 18.4. The third kappa shape index (κ3) is 3.75. The minimum Gasteiger partial charge on any atom is -0.297 e. The highest BCUT2D eigenvalue weighted by Gasteiger charge is 2.45. The molecule has 6 heteroatoms. The number of benzene rings is 2. The Morgan fingerprint density at radius 1 is 1.12 bits per heavy atom. The standard InChI is InChI=1S/C19H23ClN2O2S/c1-12-8-9-15(10-13(12)2)18-14(3)19(22-25(18,23)24)21-11-16-6-4-5-7-17(16)20/h4-10,14,18-19,21-22H,11H2,1-3H3. The smallest absolute Gasteiger partial charge is 0.220 e. The molecule has 0 bridgehead atoms. The third-order valence-electron chi connectivity index (χ3n) is 4.96. The Hall–Kier alpha value is -1.40. The first-order valence-corrected chi connectivity index (χ1v) is 10.3. The predicted octanol–water partition coefficient (Wildman–Crippen LogP) is 3.68. The average molecular weight is 379 g/mol. The lowest BCUT2D eigenvalue weighted by atomic mass is 9.95. The maximum atomic E-state index is 12.7. The zero-order valence-electron chi connectivity index (χ0n) is 14.6. The zero-order chi connectivity index (χ0) is 18.2. The molecule has 25 heavy (non-hydrogen) atoms. The molecule has 1 aliphatic rings. The number of nitrogens with one attached hydrogen (secondary N) is 2. The molecule has 1 aliphatic heterocycles. The van der Waals surface area contributed by atoms with Crippen molar-refractivity contribution >= 4 is 21.6 Å². The van der Waals surface area contributed by atoms with Gasteiger partial charge < -0.3 is 0 Å². The van der Waals surface area contributed by atoms with Crippen molar-refractivity contribution in [1.82, 2.24) is 10.0 Å². The summed E-state index contributed by atoms with van der Waals surface area (Å²) in [4.78, 5) is 0. The molecular weight excluding hydrogens is 356 g/mol. The fourth-order valence-electron chi connectivity index (χ4n) is 3.33. The Balaban J connectivity index is 1.80. The first-order chi connectivity index (χ1) is 11.8. The van der Waals surface area contributed by atoms with Gasteiger partial charge in [-0.15, -0.1) is 0 Å². The normalized spacial score (nSPS) is 25.2. The summed E-state index contributed by atoms with van der Waals surface area (Å²) in [6.45, 7) is 6.50. The number of sulfonamides is 1. The van der Waals surface area contributed by atoms with Gasteiger partial charge in [0.15, 0.2) is 0 Å². The fourth-order valence-corrected chi connectivity index (χ4v) is 5.56. The van der Waals surface area contributed by atoms with E-state index in [4.69, 9.17) is 11.6 Å². The van der Waals surface area contributed by atoms with Crippen LogP contribution in [0.25, 0.3) is 0 Å². The van der Waals surface area contributed by atoms with Crippen molar-refractivity contribution in [2.75, 3.05) is 0 Å². The van der Waals surface area contributed by atoms with E-state index >= 15 is 0 Å². The van der Waals surface area contributed by atoms with Gasteiger partial charge in [-0.25, -0.2) is 8.42 Å². The summed E-state index contributed by atoms with van der Waals surface area (Å²) >= 11 is 6.18.